The van der Waals surface area contributed by atoms with Gasteiger partial charge in [-0.3, -0.25) is 9.69 Å². The van der Waals surface area contributed by atoms with Gasteiger partial charge in [-0.05, 0) is 50.9 Å². The molecule has 1 aliphatic carbocycles. The second kappa shape index (κ2) is 6.84. The van der Waals surface area contributed by atoms with Crippen LogP contribution < -0.4 is 5.32 Å². The van der Waals surface area contributed by atoms with Crippen molar-refractivity contribution in [2.24, 2.45) is 5.92 Å². The molecule has 1 aliphatic heterocycles. The number of piperidine rings is 1. The fourth-order valence-electron chi connectivity index (χ4n) is 3.20. The van der Waals surface area contributed by atoms with Crippen molar-refractivity contribution in [2.45, 2.75) is 38.1 Å². The van der Waals surface area contributed by atoms with E-state index >= 15 is 0 Å². The Kier molecular flexibility index (Phi) is 4.40. The van der Waals surface area contributed by atoms with E-state index in [-0.39, 0.29) is 17.6 Å². The summed E-state index contributed by atoms with van der Waals surface area (Å²) in [6, 6.07) is 6.79. The number of carbonyl (C=O) groups is 1. The lowest BCUT2D eigenvalue weighted by Crippen LogP contribution is -2.37. The number of phenolic OH excluding ortho intramolecular Hbond substituents is 1. The normalized spacial score (nSPS) is 19.0. The van der Waals surface area contributed by atoms with E-state index in [1.54, 1.807) is 24.3 Å². The molecule has 2 N–H and O–H groups in total. The molecule has 1 saturated carbocycles. The maximum absolute atomic E-state index is 12.4. The second-order valence-electron chi connectivity index (χ2n) is 6.88. The third-order valence-corrected chi connectivity index (χ3v) is 4.91. The van der Waals surface area contributed by atoms with Crippen LogP contribution in [0, 0.1) is 5.92 Å². The quantitative estimate of drug-likeness (QED) is 0.811. The number of carbonyl (C=O) groups excluding carboxylic acids is 1. The minimum Gasteiger partial charge on any atom is -0.506 e. The first-order chi connectivity index (χ1) is 12.2. The van der Waals surface area contributed by atoms with E-state index in [1.165, 1.54) is 0 Å². The molecule has 132 valence electrons. The first-order valence-electron chi connectivity index (χ1n) is 8.83. The summed E-state index contributed by atoms with van der Waals surface area (Å²) in [5.74, 6) is 2.03. The maximum Gasteiger partial charge on any atom is 0.240 e. The molecule has 2 fully saturated rings. The van der Waals surface area contributed by atoms with Gasteiger partial charge >= 0.3 is 0 Å². The number of phenols is 1. The zero-order chi connectivity index (χ0) is 17.2. The molecule has 1 amide bonds. The van der Waals surface area contributed by atoms with Crippen LogP contribution >= 0.6 is 0 Å². The monoisotopic (exact) mass is 342 g/mol. The molecule has 0 bridgehead atoms. The first-order valence-corrected chi connectivity index (χ1v) is 8.83. The number of aromatic hydroxyl groups is 1. The van der Waals surface area contributed by atoms with Crippen LogP contribution in [0.1, 0.15) is 43.3 Å². The number of aromatic nitrogens is 2. The van der Waals surface area contributed by atoms with E-state index in [0.717, 1.165) is 44.6 Å². The van der Waals surface area contributed by atoms with Gasteiger partial charge in [0.15, 0.2) is 5.82 Å². The minimum absolute atomic E-state index is 0.0324. The lowest BCUT2D eigenvalue weighted by atomic mass is 9.96. The third-order valence-electron chi connectivity index (χ3n) is 4.91. The highest BCUT2D eigenvalue weighted by atomic mass is 16.5. The lowest BCUT2D eigenvalue weighted by molar-refractivity contribution is -0.121. The van der Waals surface area contributed by atoms with Gasteiger partial charge in [-0.1, -0.05) is 17.3 Å². The molecule has 2 aromatic rings. The Morgan fingerprint density at radius 3 is 2.72 bits per heavy atom. The highest BCUT2D eigenvalue weighted by Gasteiger charge is 2.30. The molecule has 0 radical (unpaired) electrons. The molecule has 1 aromatic heterocycles. The molecule has 25 heavy (non-hydrogen) atoms. The topological polar surface area (TPSA) is 91.5 Å². The van der Waals surface area contributed by atoms with Crippen LogP contribution in [-0.4, -0.2) is 39.1 Å². The molecule has 1 saturated heterocycles. The molecule has 0 spiro atoms. The average Bonchev–Trinajstić information content (AvgIpc) is 3.37. The van der Waals surface area contributed by atoms with Crippen molar-refractivity contribution in [3.05, 3.63) is 36.0 Å². The third kappa shape index (κ3) is 3.82. The average molecular weight is 342 g/mol. The molecule has 7 nitrogen and oxygen atoms in total. The molecule has 1 aromatic carbocycles. The molecule has 0 unspecified atom stereocenters. The minimum atomic E-state index is -0.0411. The maximum atomic E-state index is 12.4. The Balaban J connectivity index is 1.27. The Morgan fingerprint density at radius 1 is 1.24 bits per heavy atom. The van der Waals surface area contributed by atoms with Gasteiger partial charge in [-0.25, -0.2) is 0 Å². The zero-order valence-corrected chi connectivity index (χ0v) is 14.0. The van der Waals surface area contributed by atoms with Gasteiger partial charge in [0, 0.05) is 11.8 Å². The van der Waals surface area contributed by atoms with Crippen molar-refractivity contribution in [3.8, 4) is 5.75 Å². The summed E-state index contributed by atoms with van der Waals surface area (Å²) in [6.45, 7) is 2.29. The van der Waals surface area contributed by atoms with Crippen molar-refractivity contribution in [2.75, 3.05) is 18.4 Å². The summed E-state index contributed by atoms with van der Waals surface area (Å²) in [5, 5.41) is 16.6. The van der Waals surface area contributed by atoms with Crippen LogP contribution in [0.5, 0.6) is 5.75 Å². The number of anilines is 1. The lowest BCUT2D eigenvalue weighted by Gasteiger charge is -2.30. The number of hydrogen-bond donors (Lipinski definition) is 2. The molecule has 7 heteroatoms. The number of benzene rings is 1. The SMILES string of the molecule is O=C(Nc1ccccc1O)C1CCN(Cc2nc(C3CC3)no2)CC1. The Morgan fingerprint density at radius 2 is 2.00 bits per heavy atom. The van der Waals surface area contributed by atoms with Gasteiger partial charge in [-0.2, -0.15) is 4.98 Å². The van der Waals surface area contributed by atoms with Gasteiger partial charge in [0.05, 0.1) is 12.2 Å². The van der Waals surface area contributed by atoms with Crippen molar-refractivity contribution in [3.63, 3.8) is 0 Å². The fraction of sp³-hybridized carbons (Fsp3) is 0.500. The van der Waals surface area contributed by atoms with Crippen LogP contribution in [0.4, 0.5) is 5.69 Å². The molecule has 4 rings (SSSR count). The van der Waals surface area contributed by atoms with Crippen LogP contribution in [0.15, 0.2) is 28.8 Å². The van der Waals surface area contributed by atoms with E-state index in [0.29, 0.717) is 24.0 Å². The Bertz CT molecular complexity index is 748. The van der Waals surface area contributed by atoms with Crippen LogP contribution in [0.25, 0.3) is 0 Å². The number of hydrogen-bond acceptors (Lipinski definition) is 6. The number of nitrogens with zero attached hydrogens (tertiary/aromatic N) is 3. The van der Waals surface area contributed by atoms with Gasteiger partial charge in [-0.15, -0.1) is 0 Å². The molecular formula is C18H22N4O3. The summed E-state index contributed by atoms with van der Waals surface area (Å²) < 4.78 is 5.33. The smallest absolute Gasteiger partial charge is 0.240 e. The number of para-hydroxylation sites is 2. The fourth-order valence-corrected chi connectivity index (χ4v) is 3.20. The Hall–Kier alpha value is -2.41. The summed E-state index contributed by atoms with van der Waals surface area (Å²) in [6.07, 6.45) is 3.89. The molecular weight excluding hydrogens is 320 g/mol. The van der Waals surface area contributed by atoms with Crippen molar-refractivity contribution < 1.29 is 14.4 Å². The highest BCUT2D eigenvalue weighted by molar-refractivity contribution is 5.93. The summed E-state index contributed by atoms with van der Waals surface area (Å²) in [4.78, 5) is 19.1. The van der Waals surface area contributed by atoms with Crippen molar-refractivity contribution in [1.29, 1.82) is 0 Å². The van der Waals surface area contributed by atoms with Crippen molar-refractivity contribution in [1.82, 2.24) is 15.0 Å². The van der Waals surface area contributed by atoms with Crippen molar-refractivity contribution >= 4 is 11.6 Å². The van der Waals surface area contributed by atoms with E-state index in [4.69, 9.17) is 4.52 Å². The van der Waals surface area contributed by atoms with Gasteiger partial charge in [0.25, 0.3) is 0 Å². The van der Waals surface area contributed by atoms with E-state index < -0.39 is 0 Å². The van der Waals surface area contributed by atoms with E-state index in [2.05, 4.69) is 20.4 Å². The molecule has 2 heterocycles. The highest BCUT2D eigenvalue weighted by Crippen LogP contribution is 2.38. The summed E-state index contributed by atoms with van der Waals surface area (Å²) in [7, 11) is 0. The van der Waals surface area contributed by atoms with Gasteiger partial charge < -0.3 is 14.9 Å². The summed E-state index contributed by atoms with van der Waals surface area (Å²) in [5.41, 5.74) is 0.466. The van der Waals surface area contributed by atoms with Crippen LogP contribution in [0.2, 0.25) is 0 Å². The number of likely N-dealkylation sites (tertiary alicyclic amines) is 1. The number of amides is 1. The predicted octanol–water partition coefficient (Wildman–Crippen LogP) is 2.50. The first kappa shape index (κ1) is 16.1. The number of rotatable bonds is 5. The van der Waals surface area contributed by atoms with E-state index in [9.17, 15) is 9.90 Å². The molecule has 2 aliphatic rings. The predicted molar refractivity (Wildman–Crippen MR) is 91.0 cm³/mol. The van der Waals surface area contributed by atoms with Gasteiger partial charge in [0.1, 0.15) is 5.75 Å². The van der Waals surface area contributed by atoms with E-state index in [1.807, 2.05) is 0 Å². The standard InChI is InChI=1S/C18H22N4O3/c23-15-4-2-1-3-14(15)19-18(24)13-7-9-22(10-8-13)11-16-20-17(21-25-16)12-5-6-12/h1-4,12-13,23H,5-11H2,(H,19,24). The summed E-state index contributed by atoms with van der Waals surface area (Å²) >= 11 is 0. The van der Waals surface area contributed by atoms with Gasteiger partial charge in [0.2, 0.25) is 11.8 Å². The molecule has 0 atom stereocenters. The Labute approximate surface area is 146 Å². The van der Waals surface area contributed by atoms with Crippen LogP contribution in [-0.2, 0) is 11.3 Å². The zero-order valence-electron chi connectivity index (χ0n) is 14.0. The second-order valence-corrected chi connectivity index (χ2v) is 6.88. The number of nitrogens with one attached hydrogen (secondary N) is 1. The largest absolute Gasteiger partial charge is 0.506 e. The van der Waals surface area contributed by atoms with Crippen LogP contribution in [0.3, 0.4) is 0 Å².